The van der Waals surface area contributed by atoms with E-state index in [9.17, 15) is 4.79 Å². The zero-order valence-electron chi connectivity index (χ0n) is 16.4. The predicted molar refractivity (Wildman–Crippen MR) is 112 cm³/mol. The maximum atomic E-state index is 12.6. The Hall–Kier alpha value is -3.41. The molecule has 1 fully saturated rings. The fraction of sp³-hybridized carbons (Fsp3) is 0.261. The number of hydrogen-bond acceptors (Lipinski definition) is 4. The number of amides is 1. The quantitative estimate of drug-likeness (QED) is 0.543. The van der Waals surface area contributed by atoms with E-state index in [1.807, 2.05) is 47.5 Å². The van der Waals surface area contributed by atoms with Crippen LogP contribution in [-0.2, 0) is 4.79 Å². The van der Waals surface area contributed by atoms with Gasteiger partial charge in [0, 0.05) is 47.2 Å². The van der Waals surface area contributed by atoms with Crippen LogP contribution in [0.5, 0.6) is 0 Å². The monoisotopic (exact) mass is 386 g/mol. The van der Waals surface area contributed by atoms with Crippen molar-refractivity contribution < 1.29 is 9.32 Å². The molecule has 1 aliphatic rings. The van der Waals surface area contributed by atoms with Crippen LogP contribution in [0.15, 0.2) is 59.3 Å². The minimum absolute atomic E-state index is 0.0739. The Morgan fingerprint density at radius 3 is 2.76 bits per heavy atom. The first-order chi connectivity index (χ1) is 14.1. The van der Waals surface area contributed by atoms with E-state index in [4.69, 9.17) is 4.52 Å². The summed E-state index contributed by atoms with van der Waals surface area (Å²) in [6, 6.07) is 16.1. The molecule has 2 aromatic heterocycles. The van der Waals surface area contributed by atoms with Gasteiger partial charge in [0.05, 0.1) is 0 Å². The van der Waals surface area contributed by atoms with Gasteiger partial charge in [0.25, 0.3) is 5.89 Å². The Kier molecular flexibility index (Phi) is 4.19. The highest BCUT2D eigenvalue weighted by atomic mass is 16.5. The van der Waals surface area contributed by atoms with E-state index in [-0.39, 0.29) is 11.8 Å². The molecule has 6 nitrogen and oxygen atoms in total. The number of carbonyl (C=O) groups excluding carboxylic acids is 1. The molecule has 4 aromatic rings. The first-order valence-electron chi connectivity index (χ1n) is 9.90. The minimum atomic E-state index is -0.0739. The summed E-state index contributed by atoms with van der Waals surface area (Å²) >= 11 is 0. The molecular weight excluding hydrogens is 364 g/mol. The Labute approximate surface area is 168 Å². The van der Waals surface area contributed by atoms with Gasteiger partial charge in [0.2, 0.25) is 5.91 Å². The second-order valence-corrected chi connectivity index (χ2v) is 7.85. The maximum Gasteiger partial charge on any atom is 0.258 e. The number of anilines is 1. The maximum absolute atomic E-state index is 12.6. The van der Waals surface area contributed by atoms with Crippen LogP contribution in [0.1, 0.15) is 43.5 Å². The van der Waals surface area contributed by atoms with Gasteiger partial charge in [-0.05, 0) is 41.8 Å². The standard InChI is InChI=1S/C23H22N4O2/c1-14(2)15-6-8-17(9-7-15)27-13-16(12-21(27)28)22-25-23(29-26-22)19-4-3-5-20-18(19)10-11-24-20/h3-11,14,16,24H,12-13H2,1-2H3. The number of carbonyl (C=O) groups is 1. The van der Waals surface area contributed by atoms with Crippen molar-refractivity contribution in [3.63, 3.8) is 0 Å². The molecule has 1 N–H and O–H groups in total. The lowest BCUT2D eigenvalue weighted by Crippen LogP contribution is -2.24. The highest BCUT2D eigenvalue weighted by Gasteiger charge is 2.34. The third-order valence-electron chi connectivity index (χ3n) is 5.63. The van der Waals surface area contributed by atoms with E-state index in [2.05, 4.69) is 41.1 Å². The molecular formula is C23H22N4O2. The van der Waals surface area contributed by atoms with E-state index in [1.54, 1.807) is 0 Å². The van der Waals surface area contributed by atoms with E-state index >= 15 is 0 Å². The molecule has 0 bridgehead atoms. The van der Waals surface area contributed by atoms with E-state index in [0.29, 0.717) is 30.6 Å². The van der Waals surface area contributed by atoms with Gasteiger partial charge in [-0.25, -0.2) is 0 Å². The van der Waals surface area contributed by atoms with Gasteiger partial charge in [0.15, 0.2) is 5.82 Å². The number of benzene rings is 2. The van der Waals surface area contributed by atoms with Crippen LogP contribution in [0.2, 0.25) is 0 Å². The summed E-state index contributed by atoms with van der Waals surface area (Å²) in [6.45, 7) is 4.88. The van der Waals surface area contributed by atoms with Crippen molar-refractivity contribution in [3.8, 4) is 11.5 Å². The molecule has 1 unspecified atom stereocenters. The molecule has 146 valence electrons. The number of aromatic nitrogens is 3. The van der Waals surface area contributed by atoms with Crippen LogP contribution in [0, 0.1) is 0 Å². The van der Waals surface area contributed by atoms with Crippen LogP contribution in [-0.4, -0.2) is 27.6 Å². The van der Waals surface area contributed by atoms with E-state index in [0.717, 1.165) is 22.2 Å². The third kappa shape index (κ3) is 3.10. The van der Waals surface area contributed by atoms with Gasteiger partial charge in [-0.15, -0.1) is 0 Å². The number of hydrogen-bond donors (Lipinski definition) is 1. The summed E-state index contributed by atoms with van der Waals surface area (Å²) in [6.07, 6.45) is 2.28. The number of aromatic amines is 1. The van der Waals surface area contributed by atoms with Crippen LogP contribution >= 0.6 is 0 Å². The van der Waals surface area contributed by atoms with Crippen molar-refractivity contribution in [3.05, 3.63) is 66.1 Å². The number of rotatable bonds is 4. The molecule has 29 heavy (non-hydrogen) atoms. The average molecular weight is 386 g/mol. The van der Waals surface area contributed by atoms with Gasteiger partial charge in [-0.1, -0.05) is 37.2 Å². The highest BCUT2D eigenvalue weighted by molar-refractivity contribution is 5.96. The van der Waals surface area contributed by atoms with Gasteiger partial charge < -0.3 is 14.4 Å². The van der Waals surface area contributed by atoms with Gasteiger partial charge in [-0.2, -0.15) is 4.98 Å². The highest BCUT2D eigenvalue weighted by Crippen LogP contribution is 2.33. The Bertz CT molecular complexity index is 1170. The zero-order valence-corrected chi connectivity index (χ0v) is 16.4. The minimum Gasteiger partial charge on any atom is -0.361 e. The number of nitrogens with one attached hydrogen (secondary N) is 1. The molecule has 1 atom stereocenters. The Balaban J connectivity index is 1.39. The average Bonchev–Trinajstić information content (AvgIpc) is 3.47. The second kappa shape index (κ2) is 6.88. The third-order valence-corrected chi connectivity index (χ3v) is 5.63. The van der Waals surface area contributed by atoms with Crippen molar-refractivity contribution in [2.24, 2.45) is 0 Å². The topological polar surface area (TPSA) is 75.0 Å². The SMILES string of the molecule is CC(C)c1ccc(N2CC(c3noc(-c4cccc5[nH]ccc45)n3)CC2=O)cc1. The molecule has 6 heteroatoms. The summed E-state index contributed by atoms with van der Waals surface area (Å²) in [5.74, 6) is 1.55. The lowest BCUT2D eigenvalue weighted by molar-refractivity contribution is -0.117. The van der Waals surface area contributed by atoms with Crippen LogP contribution in [0.4, 0.5) is 5.69 Å². The molecule has 0 spiro atoms. The van der Waals surface area contributed by atoms with Gasteiger partial charge in [-0.3, -0.25) is 4.79 Å². The lowest BCUT2D eigenvalue weighted by atomic mass is 10.0. The molecule has 5 rings (SSSR count). The lowest BCUT2D eigenvalue weighted by Gasteiger charge is -2.17. The van der Waals surface area contributed by atoms with Crippen molar-refractivity contribution >= 4 is 22.5 Å². The summed E-state index contributed by atoms with van der Waals surface area (Å²) in [5.41, 5.74) is 4.10. The van der Waals surface area contributed by atoms with E-state index < -0.39 is 0 Å². The van der Waals surface area contributed by atoms with Crippen LogP contribution in [0.25, 0.3) is 22.4 Å². The molecule has 1 aliphatic heterocycles. The second-order valence-electron chi connectivity index (χ2n) is 7.85. The normalized spacial score (nSPS) is 17.0. The fourth-order valence-corrected chi connectivity index (χ4v) is 3.95. The van der Waals surface area contributed by atoms with Crippen molar-refractivity contribution in [1.29, 1.82) is 0 Å². The summed E-state index contributed by atoms with van der Waals surface area (Å²) in [5, 5.41) is 5.23. The summed E-state index contributed by atoms with van der Waals surface area (Å²) in [7, 11) is 0. The molecule has 0 saturated carbocycles. The number of fused-ring (bicyclic) bond motifs is 1. The van der Waals surface area contributed by atoms with Gasteiger partial charge >= 0.3 is 0 Å². The molecule has 1 amide bonds. The molecule has 3 heterocycles. The van der Waals surface area contributed by atoms with Gasteiger partial charge in [0.1, 0.15) is 0 Å². The zero-order chi connectivity index (χ0) is 20.0. The summed E-state index contributed by atoms with van der Waals surface area (Å²) < 4.78 is 5.55. The summed E-state index contributed by atoms with van der Waals surface area (Å²) in [4.78, 5) is 22.3. The molecule has 2 aromatic carbocycles. The smallest absolute Gasteiger partial charge is 0.258 e. The number of nitrogens with zero attached hydrogens (tertiary/aromatic N) is 3. The predicted octanol–water partition coefficient (Wildman–Crippen LogP) is 4.86. The van der Waals surface area contributed by atoms with Crippen LogP contribution in [0.3, 0.4) is 0 Å². The molecule has 1 saturated heterocycles. The van der Waals surface area contributed by atoms with Crippen LogP contribution < -0.4 is 4.90 Å². The fourth-order valence-electron chi connectivity index (χ4n) is 3.95. The first kappa shape index (κ1) is 17.7. The van der Waals surface area contributed by atoms with E-state index in [1.165, 1.54) is 5.56 Å². The first-order valence-corrected chi connectivity index (χ1v) is 9.90. The number of H-pyrrole nitrogens is 1. The van der Waals surface area contributed by atoms with Crippen molar-refractivity contribution in [1.82, 2.24) is 15.1 Å². The molecule has 0 radical (unpaired) electrons. The molecule has 0 aliphatic carbocycles. The van der Waals surface area contributed by atoms with Crippen molar-refractivity contribution in [2.45, 2.75) is 32.1 Å². The largest absolute Gasteiger partial charge is 0.361 e. The van der Waals surface area contributed by atoms with Crippen molar-refractivity contribution in [2.75, 3.05) is 11.4 Å². The Morgan fingerprint density at radius 1 is 1.14 bits per heavy atom. The Morgan fingerprint density at radius 2 is 1.97 bits per heavy atom.